The minimum absolute atomic E-state index is 0.128. The standard InChI is InChI=1S/C17H26N2O5/c1-11(2)15(18-17(21)22)16(20)19(3)9-8-12-6-7-13(23-4)14(10-12)24-5/h6-7,10-11,15,18H,8-9H2,1-5H3,(H,21,22). The predicted molar refractivity (Wildman–Crippen MR) is 90.7 cm³/mol. The topological polar surface area (TPSA) is 88.1 Å². The van der Waals surface area contributed by atoms with Crippen molar-refractivity contribution in [1.82, 2.24) is 10.2 Å². The summed E-state index contributed by atoms with van der Waals surface area (Å²) in [7, 11) is 4.82. The Kier molecular flexibility index (Phi) is 7.35. The molecule has 0 spiro atoms. The zero-order valence-electron chi connectivity index (χ0n) is 14.8. The SMILES string of the molecule is COc1ccc(CCN(C)C(=O)C(NC(=O)O)C(C)C)cc1OC. The molecule has 24 heavy (non-hydrogen) atoms. The lowest BCUT2D eigenvalue weighted by molar-refractivity contribution is -0.133. The third-order valence-electron chi connectivity index (χ3n) is 3.77. The van der Waals surface area contributed by atoms with Gasteiger partial charge in [-0.25, -0.2) is 4.79 Å². The Bertz CT molecular complexity index is 574. The lowest BCUT2D eigenvalue weighted by Crippen LogP contribution is -2.50. The maximum absolute atomic E-state index is 12.4. The summed E-state index contributed by atoms with van der Waals surface area (Å²) in [6.07, 6.45) is -0.573. The first kappa shape index (κ1) is 19.6. The number of likely N-dealkylation sites (N-methyl/N-ethyl adjacent to an activating group) is 1. The molecule has 2 N–H and O–H groups in total. The van der Waals surface area contributed by atoms with Crippen LogP contribution in [0.3, 0.4) is 0 Å². The molecule has 0 bridgehead atoms. The molecule has 1 aromatic carbocycles. The van der Waals surface area contributed by atoms with Crippen molar-refractivity contribution in [3.05, 3.63) is 23.8 Å². The number of nitrogens with one attached hydrogen (secondary N) is 1. The van der Waals surface area contributed by atoms with Crippen LogP contribution in [0.4, 0.5) is 4.79 Å². The van der Waals surface area contributed by atoms with Gasteiger partial charge in [-0.3, -0.25) is 4.79 Å². The smallest absolute Gasteiger partial charge is 0.405 e. The number of benzene rings is 1. The fraction of sp³-hybridized carbons (Fsp3) is 0.529. The summed E-state index contributed by atoms with van der Waals surface area (Å²) in [5.74, 6) is 0.915. The number of nitrogens with zero attached hydrogens (tertiary/aromatic N) is 1. The normalized spacial score (nSPS) is 11.8. The van der Waals surface area contributed by atoms with Crippen molar-refractivity contribution in [3.63, 3.8) is 0 Å². The van der Waals surface area contributed by atoms with Crippen LogP contribution in [-0.4, -0.2) is 55.9 Å². The van der Waals surface area contributed by atoms with Gasteiger partial charge in [-0.1, -0.05) is 19.9 Å². The van der Waals surface area contributed by atoms with E-state index in [4.69, 9.17) is 14.6 Å². The van der Waals surface area contributed by atoms with Crippen molar-refractivity contribution in [1.29, 1.82) is 0 Å². The molecular formula is C17H26N2O5. The zero-order chi connectivity index (χ0) is 18.3. The Labute approximate surface area is 142 Å². The fourth-order valence-corrected chi connectivity index (χ4v) is 2.33. The molecule has 0 fully saturated rings. The van der Waals surface area contributed by atoms with E-state index in [9.17, 15) is 9.59 Å². The first-order valence-electron chi connectivity index (χ1n) is 7.75. The van der Waals surface area contributed by atoms with Gasteiger partial charge in [0.25, 0.3) is 0 Å². The molecule has 1 aromatic rings. The zero-order valence-corrected chi connectivity index (χ0v) is 14.8. The number of hydrogen-bond donors (Lipinski definition) is 2. The number of hydrogen-bond acceptors (Lipinski definition) is 4. The van der Waals surface area contributed by atoms with Crippen molar-refractivity contribution in [3.8, 4) is 11.5 Å². The van der Waals surface area contributed by atoms with E-state index in [1.807, 2.05) is 18.2 Å². The van der Waals surface area contributed by atoms with Crippen LogP contribution < -0.4 is 14.8 Å². The van der Waals surface area contributed by atoms with Crippen LogP contribution in [0.1, 0.15) is 19.4 Å². The molecule has 0 aromatic heterocycles. The molecule has 2 amide bonds. The first-order chi connectivity index (χ1) is 11.3. The van der Waals surface area contributed by atoms with Gasteiger partial charge >= 0.3 is 6.09 Å². The van der Waals surface area contributed by atoms with Gasteiger partial charge in [0.05, 0.1) is 14.2 Å². The number of carbonyl (C=O) groups excluding carboxylic acids is 1. The number of ether oxygens (including phenoxy) is 2. The highest BCUT2D eigenvalue weighted by atomic mass is 16.5. The van der Waals surface area contributed by atoms with Crippen LogP contribution in [0.15, 0.2) is 18.2 Å². The summed E-state index contributed by atoms with van der Waals surface area (Å²) in [5, 5.41) is 11.2. The van der Waals surface area contributed by atoms with Crippen LogP contribution in [0, 0.1) is 5.92 Å². The van der Waals surface area contributed by atoms with Gasteiger partial charge in [-0.2, -0.15) is 0 Å². The Balaban J connectivity index is 2.72. The molecule has 134 valence electrons. The van der Waals surface area contributed by atoms with E-state index in [1.54, 1.807) is 35.1 Å². The Hall–Kier alpha value is -2.44. The third-order valence-corrected chi connectivity index (χ3v) is 3.77. The fourth-order valence-electron chi connectivity index (χ4n) is 2.33. The number of carbonyl (C=O) groups is 2. The van der Waals surface area contributed by atoms with E-state index >= 15 is 0 Å². The molecule has 0 saturated carbocycles. The Morgan fingerprint density at radius 1 is 1.21 bits per heavy atom. The average Bonchev–Trinajstić information content (AvgIpc) is 2.56. The summed E-state index contributed by atoms with van der Waals surface area (Å²) in [4.78, 5) is 24.8. The van der Waals surface area contributed by atoms with Crippen LogP contribution in [-0.2, 0) is 11.2 Å². The molecule has 0 aliphatic carbocycles. The summed E-state index contributed by atoms with van der Waals surface area (Å²) >= 11 is 0. The molecule has 0 aliphatic rings. The van der Waals surface area contributed by atoms with Gasteiger partial charge in [-0.15, -0.1) is 0 Å². The predicted octanol–water partition coefficient (Wildman–Crippen LogP) is 2.00. The van der Waals surface area contributed by atoms with Crippen LogP contribution in [0.5, 0.6) is 11.5 Å². The quantitative estimate of drug-likeness (QED) is 0.757. The van der Waals surface area contributed by atoms with Gasteiger partial charge in [-0.05, 0) is 30.0 Å². The highest BCUT2D eigenvalue weighted by molar-refractivity contribution is 5.85. The van der Waals surface area contributed by atoms with Gasteiger partial charge in [0.15, 0.2) is 11.5 Å². The number of rotatable bonds is 8. The molecule has 1 rings (SSSR count). The molecule has 0 saturated heterocycles. The molecular weight excluding hydrogens is 312 g/mol. The van der Waals surface area contributed by atoms with Crippen molar-refractivity contribution in [2.24, 2.45) is 5.92 Å². The minimum Gasteiger partial charge on any atom is -0.493 e. The van der Waals surface area contributed by atoms with E-state index in [0.29, 0.717) is 24.5 Å². The second-order valence-corrected chi connectivity index (χ2v) is 5.87. The monoisotopic (exact) mass is 338 g/mol. The van der Waals surface area contributed by atoms with Gasteiger partial charge in [0.1, 0.15) is 6.04 Å². The lowest BCUT2D eigenvalue weighted by atomic mass is 10.0. The van der Waals surface area contributed by atoms with Crippen LogP contribution >= 0.6 is 0 Å². The van der Waals surface area contributed by atoms with E-state index in [2.05, 4.69) is 5.32 Å². The van der Waals surface area contributed by atoms with Crippen LogP contribution in [0.2, 0.25) is 0 Å². The first-order valence-corrected chi connectivity index (χ1v) is 7.75. The molecule has 0 aliphatic heterocycles. The Morgan fingerprint density at radius 3 is 2.33 bits per heavy atom. The molecule has 1 unspecified atom stereocenters. The van der Waals surface area contributed by atoms with Crippen molar-refractivity contribution in [2.45, 2.75) is 26.3 Å². The van der Waals surface area contributed by atoms with Crippen molar-refractivity contribution in [2.75, 3.05) is 27.8 Å². The summed E-state index contributed by atoms with van der Waals surface area (Å²) in [6.45, 7) is 4.08. The number of methoxy groups -OCH3 is 2. The highest BCUT2D eigenvalue weighted by Gasteiger charge is 2.26. The highest BCUT2D eigenvalue weighted by Crippen LogP contribution is 2.27. The average molecular weight is 338 g/mol. The van der Waals surface area contributed by atoms with Crippen molar-refractivity contribution >= 4 is 12.0 Å². The van der Waals surface area contributed by atoms with E-state index in [0.717, 1.165) is 5.56 Å². The van der Waals surface area contributed by atoms with Crippen molar-refractivity contribution < 1.29 is 24.2 Å². The maximum atomic E-state index is 12.4. The van der Waals surface area contributed by atoms with E-state index in [-0.39, 0.29) is 11.8 Å². The van der Waals surface area contributed by atoms with Gasteiger partial charge in [0, 0.05) is 13.6 Å². The largest absolute Gasteiger partial charge is 0.493 e. The number of carboxylic acid groups (broad SMARTS) is 1. The summed E-state index contributed by atoms with van der Waals surface area (Å²) in [6, 6.07) is 4.85. The number of amides is 2. The molecule has 0 heterocycles. The molecule has 1 atom stereocenters. The lowest BCUT2D eigenvalue weighted by Gasteiger charge is -2.26. The molecule has 7 heteroatoms. The van der Waals surface area contributed by atoms with Gasteiger partial charge in [0.2, 0.25) is 5.91 Å². The summed E-state index contributed by atoms with van der Waals surface area (Å²) in [5.41, 5.74) is 1.000. The second kappa shape index (κ2) is 9.00. The minimum atomic E-state index is -1.20. The molecule has 7 nitrogen and oxygen atoms in total. The second-order valence-electron chi connectivity index (χ2n) is 5.87. The van der Waals surface area contributed by atoms with Gasteiger partial charge < -0.3 is 24.8 Å². The third kappa shape index (κ3) is 5.33. The molecule has 0 radical (unpaired) electrons. The Morgan fingerprint density at radius 2 is 1.83 bits per heavy atom. The van der Waals surface area contributed by atoms with Crippen LogP contribution in [0.25, 0.3) is 0 Å². The van der Waals surface area contributed by atoms with E-state index < -0.39 is 12.1 Å². The maximum Gasteiger partial charge on any atom is 0.405 e. The summed E-state index contributed by atoms with van der Waals surface area (Å²) < 4.78 is 10.5. The van der Waals surface area contributed by atoms with E-state index in [1.165, 1.54) is 4.90 Å².